The molecule has 0 radical (unpaired) electrons. The number of sulfonamides is 1. The highest BCUT2D eigenvalue weighted by Gasteiger charge is 2.15. The Balaban J connectivity index is 2.00. The maximum Gasteiger partial charge on any atom is 0.238 e. The lowest BCUT2D eigenvalue weighted by Gasteiger charge is -2.11. The molecule has 2 aromatic rings. The Morgan fingerprint density at radius 1 is 1.29 bits per heavy atom. The van der Waals surface area contributed by atoms with E-state index in [2.05, 4.69) is 4.98 Å². The van der Waals surface area contributed by atoms with Gasteiger partial charge in [0.1, 0.15) is 0 Å². The molecule has 2 N–H and O–H groups in total. The number of hydrogen-bond donors (Lipinski definition) is 1. The van der Waals surface area contributed by atoms with Gasteiger partial charge in [0.25, 0.3) is 0 Å². The highest BCUT2D eigenvalue weighted by atomic mass is 35.5. The van der Waals surface area contributed by atoms with Crippen molar-refractivity contribution in [1.82, 2.24) is 9.55 Å². The largest absolute Gasteiger partial charge is 0.490 e. The zero-order valence-corrected chi connectivity index (χ0v) is 13.2. The van der Waals surface area contributed by atoms with Crippen molar-refractivity contribution in [3.63, 3.8) is 0 Å². The standard InChI is InChI=1S/C12H13Cl2N3O3S/c13-10-6-9(21(15,18)19)7-11(14)12(10)20-5-1-3-17-4-2-16-8-17/h2,4,6-8H,1,3,5H2,(H2,15,18,19). The van der Waals surface area contributed by atoms with Crippen molar-refractivity contribution < 1.29 is 13.2 Å². The van der Waals surface area contributed by atoms with E-state index in [-0.39, 0.29) is 20.7 Å². The molecule has 2 rings (SSSR count). The number of imidazole rings is 1. The van der Waals surface area contributed by atoms with Crippen LogP contribution in [0.1, 0.15) is 6.42 Å². The molecule has 0 saturated carbocycles. The van der Waals surface area contributed by atoms with Crippen LogP contribution in [-0.4, -0.2) is 24.6 Å². The van der Waals surface area contributed by atoms with Crippen molar-refractivity contribution in [1.29, 1.82) is 0 Å². The van der Waals surface area contributed by atoms with E-state index < -0.39 is 10.0 Å². The van der Waals surface area contributed by atoms with Crippen LogP contribution in [0.3, 0.4) is 0 Å². The monoisotopic (exact) mass is 349 g/mol. The summed E-state index contributed by atoms with van der Waals surface area (Å²) in [5, 5.41) is 5.24. The van der Waals surface area contributed by atoms with Crippen molar-refractivity contribution in [3.05, 3.63) is 40.9 Å². The van der Waals surface area contributed by atoms with Crippen molar-refractivity contribution in [3.8, 4) is 5.75 Å². The molecule has 0 atom stereocenters. The van der Waals surface area contributed by atoms with Gasteiger partial charge in [-0.2, -0.15) is 0 Å². The summed E-state index contributed by atoms with van der Waals surface area (Å²) in [5.74, 6) is 0.247. The Morgan fingerprint density at radius 2 is 1.95 bits per heavy atom. The van der Waals surface area contributed by atoms with Gasteiger partial charge in [0.15, 0.2) is 5.75 Å². The number of rotatable bonds is 6. The first kappa shape index (κ1) is 16.1. The lowest BCUT2D eigenvalue weighted by molar-refractivity contribution is 0.302. The molecule has 0 fully saturated rings. The number of aromatic nitrogens is 2. The molecule has 0 spiro atoms. The van der Waals surface area contributed by atoms with E-state index >= 15 is 0 Å². The average Bonchev–Trinajstić information content (AvgIpc) is 2.88. The van der Waals surface area contributed by atoms with Crippen molar-refractivity contribution in [2.24, 2.45) is 5.14 Å². The summed E-state index contributed by atoms with van der Waals surface area (Å²) in [5.41, 5.74) is 0. The molecule has 0 amide bonds. The SMILES string of the molecule is NS(=O)(=O)c1cc(Cl)c(OCCCn2ccnc2)c(Cl)c1. The molecule has 0 unspecified atom stereocenters. The average molecular weight is 350 g/mol. The van der Waals surface area contributed by atoms with Gasteiger partial charge in [0, 0.05) is 18.9 Å². The molecule has 6 nitrogen and oxygen atoms in total. The van der Waals surface area contributed by atoms with Gasteiger partial charge in [0.05, 0.1) is 27.9 Å². The minimum atomic E-state index is -3.85. The molecule has 0 bridgehead atoms. The van der Waals surface area contributed by atoms with Crippen LogP contribution in [0.5, 0.6) is 5.75 Å². The predicted molar refractivity (Wildman–Crippen MR) is 80.2 cm³/mol. The van der Waals surface area contributed by atoms with Gasteiger partial charge in [-0.25, -0.2) is 18.5 Å². The molecule has 0 saturated heterocycles. The van der Waals surface area contributed by atoms with Crippen LogP contribution in [0.15, 0.2) is 35.7 Å². The lowest BCUT2D eigenvalue weighted by Crippen LogP contribution is -2.12. The van der Waals surface area contributed by atoms with E-state index in [1.807, 2.05) is 10.8 Å². The maximum absolute atomic E-state index is 11.3. The van der Waals surface area contributed by atoms with Crippen LogP contribution < -0.4 is 9.88 Å². The number of nitrogens with two attached hydrogens (primary N) is 1. The zero-order chi connectivity index (χ0) is 15.5. The molecule has 0 aliphatic heterocycles. The molecule has 0 aliphatic carbocycles. The predicted octanol–water partition coefficient (Wildman–Crippen LogP) is 2.31. The maximum atomic E-state index is 11.3. The number of nitrogens with zero attached hydrogens (tertiary/aromatic N) is 2. The van der Waals surface area contributed by atoms with Crippen LogP contribution in [0.2, 0.25) is 10.0 Å². The van der Waals surface area contributed by atoms with E-state index in [1.165, 1.54) is 12.1 Å². The molecule has 0 aliphatic rings. The van der Waals surface area contributed by atoms with Crippen LogP contribution in [0, 0.1) is 0 Å². The summed E-state index contributed by atoms with van der Waals surface area (Å²) < 4.78 is 29.9. The first-order chi connectivity index (χ1) is 9.88. The van der Waals surface area contributed by atoms with Gasteiger partial charge in [-0.1, -0.05) is 23.2 Å². The quantitative estimate of drug-likeness (QED) is 0.810. The third kappa shape index (κ3) is 4.34. The molecule has 1 aromatic heterocycles. The summed E-state index contributed by atoms with van der Waals surface area (Å²) in [6, 6.07) is 2.43. The van der Waals surface area contributed by atoms with E-state index in [9.17, 15) is 8.42 Å². The second-order valence-electron chi connectivity index (χ2n) is 4.26. The van der Waals surface area contributed by atoms with Crippen LogP contribution in [0.4, 0.5) is 0 Å². The number of ether oxygens (including phenoxy) is 1. The fourth-order valence-electron chi connectivity index (χ4n) is 1.68. The van der Waals surface area contributed by atoms with Gasteiger partial charge in [-0.05, 0) is 18.6 Å². The normalized spacial score (nSPS) is 11.6. The van der Waals surface area contributed by atoms with Gasteiger partial charge < -0.3 is 9.30 Å². The van der Waals surface area contributed by atoms with Crippen LogP contribution in [0.25, 0.3) is 0 Å². The van der Waals surface area contributed by atoms with Crippen LogP contribution >= 0.6 is 23.2 Å². The van der Waals surface area contributed by atoms with E-state index in [4.69, 9.17) is 33.1 Å². The third-order valence-corrected chi connectivity index (χ3v) is 4.12. The summed E-state index contributed by atoms with van der Waals surface area (Å²) in [7, 11) is -3.85. The third-order valence-electron chi connectivity index (χ3n) is 2.67. The molecule has 1 aromatic carbocycles. The number of halogens is 2. The summed E-state index contributed by atoms with van der Waals surface area (Å²) in [4.78, 5) is 3.78. The van der Waals surface area contributed by atoms with E-state index in [1.54, 1.807) is 12.5 Å². The Bertz CT molecular complexity index is 694. The molecule has 1 heterocycles. The van der Waals surface area contributed by atoms with Gasteiger partial charge >= 0.3 is 0 Å². The molecule has 21 heavy (non-hydrogen) atoms. The summed E-state index contributed by atoms with van der Waals surface area (Å²) in [6.07, 6.45) is 5.97. The van der Waals surface area contributed by atoms with Crippen LogP contribution in [-0.2, 0) is 16.6 Å². The Hall–Kier alpha value is -1.28. The minimum absolute atomic E-state index is 0.106. The first-order valence-corrected chi connectivity index (χ1v) is 8.28. The topological polar surface area (TPSA) is 87.2 Å². The smallest absolute Gasteiger partial charge is 0.238 e. The zero-order valence-electron chi connectivity index (χ0n) is 10.9. The van der Waals surface area contributed by atoms with Crippen molar-refractivity contribution in [2.45, 2.75) is 17.9 Å². The summed E-state index contributed by atoms with van der Waals surface area (Å²) >= 11 is 11.9. The van der Waals surface area contributed by atoms with Crippen molar-refractivity contribution in [2.75, 3.05) is 6.61 Å². The Morgan fingerprint density at radius 3 is 2.48 bits per heavy atom. The second kappa shape index (κ2) is 6.65. The van der Waals surface area contributed by atoms with Gasteiger partial charge in [-0.3, -0.25) is 0 Å². The highest BCUT2D eigenvalue weighted by molar-refractivity contribution is 7.89. The fraction of sp³-hybridized carbons (Fsp3) is 0.250. The first-order valence-electron chi connectivity index (χ1n) is 5.98. The highest BCUT2D eigenvalue weighted by Crippen LogP contribution is 2.35. The minimum Gasteiger partial charge on any atom is -0.490 e. The van der Waals surface area contributed by atoms with Gasteiger partial charge in [0.2, 0.25) is 10.0 Å². The van der Waals surface area contributed by atoms with Crippen molar-refractivity contribution >= 4 is 33.2 Å². The Kier molecular flexibility index (Phi) is 5.10. The number of aryl methyl sites for hydroxylation is 1. The summed E-state index contributed by atoms with van der Waals surface area (Å²) in [6.45, 7) is 1.12. The second-order valence-corrected chi connectivity index (χ2v) is 6.64. The molecule has 9 heteroatoms. The molecule has 114 valence electrons. The Labute approximate surface area is 132 Å². The van der Waals surface area contributed by atoms with E-state index in [0.717, 1.165) is 13.0 Å². The molecular weight excluding hydrogens is 337 g/mol. The number of benzene rings is 1. The fourth-order valence-corrected chi connectivity index (χ4v) is 2.97. The molecular formula is C12H13Cl2N3O3S. The van der Waals surface area contributed by atoms with E-state index in [0.29, 0.717) is 6.61 Å². The number of primary sulfonamides is 1. The van der Waals surface area contributed by atoms with Gasteiger partial charge in [-0.15, -0.1) is 0 Å². The lowest BCUT2D eigenvalue weighted by atomic mass is 10.3. The number of hydrogen-bond acceptors (Lipinski definition) is 4.